The van der Waals surface area contributed by atoms with Crippen LogP contribution in [0.5, 0.6) is 0 Å². The van der Waals surface area contributed by atoms with E-state index >= 15 is 0 Å². The first-order valence-corrected chi connectivity index (χ1v) is 19.1. The molecule has 0 aliphatic rings. The zero-order chi connectivity index (χ0) is 37.7. The average molecular weight is 728 g/mol. The van der Waals surface area contributed by atoms with Crippen LogP contribution in [0.2, 0.25) is 0 Å². The third-order valence-corrected chi connectivity index (χ3v) is 10.9. The van der Waals surface area contributed by atoms with E-state index in [9.17, 15) is 0 Å². The molecule has 0 atom stereocenters. The fraction of sp³-hybridized carbons (Fsp3) is 0. The third-order valence-electron chi connectivity index (χ3n) is 10.9. The van der Waals surface area contributed by atoms with Gasteiger partial charge in [-0.05, 0) is 113 Å². The Morgan fingerprint density at radius 2 is 0.947 bits per heavy atom. The van der Waals surface area contributed by atoms with Crippen molar-refractivity contribution >= 4 is 43.5 Å². The first kappa shape index (κ1) is 32.7. The first-order chi connectivity index (χ1) is 28.2. The normalized spacial score (nSPS) is 11.5. The number of para-hydroxylation sites is 2. The molecule has 11 aromatic rings. The van der Waals surface area contributed by atoms with Crippen LogP contribution >= 0.6 is 0 Å². The molecule has 5 aromatic heterocycles. The standard InChI is InChI=1S/C52H33N5/c1-3-14-34(15-4-1)52-44-33-51-43(40-20-7-8-23-50(40)57(51)39-18-5-2-6-19-39)32-41(44)42-29-37(24-25-45(42)56-52)35-16-13-17-36(28-35)38-30-48(46-21-9-11-26-53-46)55-49(31-38)47-22-10-12-27-54-47/h1-33H. The molecule has 6 aromatic carbocycles. The summed E-state index contributed by atoms with van der Waals surface area (Å²) >= 11 is 0. The third kappa shape index (κ3) is 5.72. The fourth-order valence-corrected chi connectivity index (χ4v) is 8.18. The Morgan fingerprint density at radius 3 is 1.67 bits per heavy atom. The molecule has 0 amide bonds. The van der Waals surface area contributed by atoms with Gasteiger partial charge in [0.2, 0.25) is 0 Å². The molecule has 0 saturated carbocycles. The van der Waals surface area contributed by atoms with Gasteiger partial charge in [-0.15, -0.1) is 0 Å². The minimum Gasteiger partial charge on any atom is -0.309 e. The second kappa shape index (κ2) is 13.5. The van der Waals surface area contributed by atoms with Crippen LogP contribution in [0.3, 0.4) is 0 Å². The number of aromatic nitrogens is 5. The molecule has 57 heavy (non-hydrogen) atoms. The quantitative estimate of drug-likeness (QED) is 0.160. The molecule has 0 N–H and O–H groups in total. The Balaban J connectivity index is 1.12. The molecule has 5 heteroatoms. The zero-order valence-electron chi connectivity index (χ0n) is 30.8. The number of hydrogen-bond donors (Lipinski definition) is 0. The van der Waals surface area contributed by atoms with Crippen molar-refractivity contribution in [3.63, 3.8) is 0 Å². The summed E-state index contributed by atoms with van der Waals surface area (Å²) in [5.74, 6) is 0. The van der Waals surface area contributed by atoms with Crippen LogP contribution in [0.1, 0.15) is 0 Å². The van der Waals surface area contributed by atoms with E-state index in [4.69, 9.17) is 9.97 Å². The van der Waals surface area contributed by atoms with E-state index in [0.717, 1.165) is 83.8 Å². The molecule has 0 fully saturated rings. The van der Waals surface area contributed by atoms with Crippen LogP contribution < -0.4 is 0 Å². The minimum atomic E-state index is 0.802. The molecule has 0 unspecified atom stereocenters. The molecule has 266 valence electrons. The molecular weight excluding hydrogens is 695 g/mol. The van der Waals surface area contributed by atoms with Crippen LogP contribution in [0, 0.1) is 0 Å². The predicted molar refractivity (Wildman–Crippen MR) is 234 cm³/mol. The summed E-state index contributed by atoms with van der Waals surface area (Å²) in [6.45, 7) is 0. The average Bonchev–Trinajstić information content (AvgIpc) is 3.62. The summed E-state index contributed by atoms with van der Waals surface area (Å²) in [6.07, 6.45) is 3.61. The van der Waals surface area contributed by atoms with E-state index in [-0.39, 0.29) is 0 Å². The van der Waals surface area contributed by atoms with E-state index in [0.29, 0.717) is 0 Å². The smallest absolute Gasteiger partial charge is 0.0900 e. The predicted octanol–water partition coefficient (Wildman–Crippen LogP) is 13.0. The second-order valence-electron chi connectivity index (χ2n) is 14.3. The summed E-state index contributed by atoms with van der Waals surface area (Å²) < 4.78 is 2.38. The lowest BCUT2D eigenvalue weighted by molar-refractivity contribution is 1.18. The molecule has 0 saturated heterocycles. The van der Waals surface area contributed by atoms with Crippen molar-refractivity contribution < 1.29 is 0 Å². The molecule has 11 rings (SSSR count). The molecular formula is C52H33N5. The maximum atomic E-state index is 5.39. The number of benzene rings is 6. The second-order valence-corrected chi connectivity index (χ2v) is 14.3. The van der Waals surface area contributed by atoms with E-state index in [1.54, 1.807) is 12.4 Å². The topological polar surface area (TPSA) is 56.5 Å². The molecule has 0 bridgehead atoms. The fourth-order valence-electron chi connectivity index (χ4n) is 8.18. The van der Waals surface area contributed by atoms with Crippen LogP contribution in [-0.4, -0.2) is 24.5 Å². The van der Waals surface area contributed by atoms with Crippen LogP contribution in [0.4, 0.5) is 0 Å². The van der Waals surface area contributed by atoms with Crippen molar-refractivity contribution in [1.82, 2.24) is 24.5 Å². The number of hydrogen-bond acceptors (Lipinski definition) is 4. The molecule has 0 aliphatic heterocycles. The zero-order valence-corrected chi connectivity index (χ0v) is 30.8. The lowest BCUT2D eigenvalue weighted by Gasteiger charge is -2.14. The highest BCUT2D eigenvalue weighted by Crippen LogP contribution is 2.41. The summed E-state index contributed by atoms with van der Waals surface area (Å²) in [7, 11) is 0. The Kier molecular flexibility index (Phi) is 7.74. The van der Waals surface area contributed by atoms with E-state index < -0.39 is 0 Å². The lowest BCUT2D eigenvalue weighted by atomic mass is 9.94. The van der Waals surface area contributed by atoms with Gasteiger partial charge in [-0.2, -0.15) is 0 Å². The van der Waals surface area contributed by atoms with Crippen molar-refractivity contribution in [2.45, 2.75) is 0 Å². The van der Waals surface area contributed by atoms with Gasteiger partial charge >= 0.3 is 0 Å². The number of fused-ring (bicyclic) bond motifs is 6. The van der Waals surface area contributed by atoms with Crippen molar-refractivity contribution in [3.8, 4) is 62.0 Å². The van der Waals surface area contributed by atoms with Gasteiger partial charge in [0.15, 0.2) is 0 Å². The Hall–Kier alpha value is -7.76. The lowest BCUT2D eigenvalue weighted by Crippen LogP contribution is -1.95. The minimum absolute atomic E-state index is 0.802. The maximum Gasteiger partial charge on any atom is 0.0900 e. The van der Waals surface area contributed by atoms with Gasteiger partial charge in [0.05, 0.1) is 45.0 Å². The van der Waals surface area contributed by atoms with E-state index in [2.05, 4.69) is 166 Å². The van der Waals surface area contributed by atoms with Gasteiger partial charge in [-0.1, -0.05) is 103 Å². The summed E-state index contributed by atoms with van der Waals surface area (Å²) in [5, 5.41) is 5.85. The highest BCUT2D eigenvalue weighted by Gasteiger charge is 2.18. The summed E-state index contributed by atoms with van der Waals surface area (Å²) in [4.78, 5) is 19.6. The number of nitrogens with zero attached hydrogens (tertiary/aromatic N) is 5. The van der Waals surface area contributed by atoms with E-state index in [1.165, 1.54) is 21.7 Å². The number of pyridine rings is 4. The van der Waals surface area contributed by atoms with Gasteiger partial charge in [-0.3, -0.25) is 9.97 Å². The van der Waals surface area contributed by atoms with Crippen molar-refractivity contribution in [2.75, 3.05) is 0 Å². The van der Waals surface area contributed by atoms with Crippen molar-refractivity contribution in [3.05, 3.63) is 200 Å². The molecule has 5 nitrogen and oxygen atoms in total. The summed E-state index contributed by atoms with van der Waals surface area (Å²) in [5.41, 5.74) is 14.1. The monoisotopic (exact) mass is 727 g/mol. The van der Waals surface area contributed by atoms with Crippen molar-refractivity contribution in [1.29, 1.82) is 0 Å². The Labute approximate surface area is 329 Å². The van der Waals surface area contributed by atoms with Crippen LogP contribution in [0.15, 0.2) is 200 Å². The molecule has 0 spiro atoms. The molecule has 0 aliphatic carbocycles. The van der Waals surface area contributed by atoms with Crippen molar-refractivity contribution in [2.24, 2.45) is 0 Å². The number of rotatable bonds is 6. The van der Waals surface area contributed by atoms with Gasteiger partial charge in [0.25, 0.3) is 0 Å². The Morgan fingerprint density at radius 1 is 0.316 bits per heavy atom. The van der Waals surface area contributed by atoms with Crippen LogP contribution in [-0.2, 0) is 0 Å². The maximum absolute atomic E-state index is 5.39. The van der Waals surface area contributed by atoms with Gasteiger partial charge in [-0.25, -0.2) is 9.97 Å². The highest BCUT2D eigenvalue weighted by molar-refractivity contribution is 6.20. The van der Waals surface area contributed by atoms with E-state index in [1.807, 2.05) is 36.4 Å². The molecule has 0 radical (unpaired) electrons. The van der Waals surface area contributed by atoms with Crippen LogP contribution in [0.25, 0.3) is 105 Å². The Bertz CT molecular complexity index is 3210. The largest absolute Gasteiger partial charge is 0.309 e. The first-order valence-electron chi connectivity index (χ1n) is 19.1. The van der Waals surface area contributed by atoms with Gasteiger partial charge in [0, 0.05) is 45.2 Å². The summed E-state index contributed by atoms with van der Waals surface area (Å²) in [6, 6.07) is 66.1. The SMILES string of the molecule is c1ccc(-c2nc3ccc(-c4cccc(-c5cc(-c6ccccn6)nc(-c6ccccn6)c5)c4)cc3c3cc4c5ccccc5n(-c5ccccc5)c4cc23)cc1. The molecule has 5 heterocycles. The highest BCUT2D eigenvalue weighted by atomic mass is 15.0. The van der Waals surface area contributed by atoms with Gasteiger partial charge < -0.3 is 4.57 Å². The van der Waals surface area contributed by atoms with Gasteiger partial charge in [0.1, 0.15) is 0 Å².